The standard InChI is InChI=1S/C12H23NO4/c1-5-8-6-16-7-9(14)10(8)13-11(15)17-12(2,3)4/h8-10,14H,5-7H2,1-4H3,(H,13,15)/t8-,9+,10+/m1/s1. The Morgan fingerprint density at radius 3 is 2.65 bits per heavy atom. The van der Waals surface area contributed by atoms with Crippen LogP contribution < -0.4 is 5.32 Å². The molecule has 2 N–H and O–H groups in total. The van der Waals surface area contributed by atoms with Crippen molar-refractivity contribution in [2.24, 2.45) is 5.92 Å². The van der Waals surface area contributed by atoms with Gasteiger partial charge < -0.3 is 19.9 Å². The third kappa shape index (κ3) is 4.52. The van der Waals surface area contributed by atoms with Gasteiger partial charge in [-0.1, -0.05) is 6.92 Å². The highest BCUT2D eigenvalue weighted by Gasteiger charge is 2.34. The van der Waals surface area contributed by atoms with Crippen molar-refractivity contribution in [2.75, 3.05) is 13.2 Å². The van der Waals surface area contributed by atoms with Crippen LogP contribution in [0, 0.1) is 5.92 Å². The van der Waals surface area contributed by atoms with Crippen LogP contribution in [-0.2, 0) is 9.47 Å². The van der Waals surface area contributed by atoms with E-state index in [4.69, 9.17) is 9.47 Å². The molecule has 0 aromatic heterocycles. The van der Waals surface area contributed by atoms with E-state index in [1.807, 2.05) is 27.7 Å². The molecular weight excluding hydrogens is 222 g/mol. The zero-order valence-corrected chi connectivity index (χ0v) is 11.0. The Bertz CT molecular complexity index is 262. The van der Waals surface area contributed by atoms with Crippen molar-refractivity contribution in [3.63, 3.8) is 0 Å². The normalized spacial score (nSPS) is 29.8. The molecule has 1 amide bonds. The van der Waals surface area contributed by atoms with Crippen molar-refractivity contribution in [1.29, 1.82) is 0 Å². The largest absolute Gasteiger partial charge is 0.444 e. The summed E-state index contributed by atoms with van der Waals surface area (Å²) in [4.78, 5) is 11.6. The quantitative estimate of drug-likeness (QED) is 0.769. The summed E-state index contributed by atoms with van der Waals surface area (Å²) in [5, 5.41) is 12.6. The zero-order chi connectivity index (χ0) is 13.1. The number of aliphatic hydroxyl groups excluding tert-OH is 1. The molecule has 100 valence electrons. The van der Waals surface area contributed by atoms with Crippen molar-refractivity contribution >= 4 is 6.09 Å². The molecule has 0 spiro atoms. The van der Waals surface area contributed by atoms with Gasteiger partial charge >= 0.3 is 6.09 Å². The molecule has 0 aromatic carbocycles. The molecule has 0 saturated carbocycles. The number of hydrogen-bond donors (Lipinski definition) is 2. The van der Waals surface area contributed by atoms with E-state index >= 15 is 0 Å². The molecule has 5 heteroatoms. The first-order valence-electron chi connectivity index (χ1n) is 6.09. The number of rotatable bonds is 2. The first kappa shape index (κ1) is 14.3. The Hall–Kier alpha value is -0.810. The van der Waals surface area contributed by atoms with Crippen LogP contribution in [0.4, 0.5) is 4.79 Å². The average Bonchev–Trinajstić information content (AvgIpc) is 2.18. The Morgan fingerprint density at radius 2 is 2.12 bits per heavy atom. The molecule has 0 aliphatic carbocycles. The molecule has 1 aliphatic heterocycles. The Morgan fingerprint density at radius 1 is 1.47 bits per heavy atom. The first-order valence-corrected chi connectivity index (χ1v) is 6.09. The smallest absolute Gasteiger partial charge is 0.407 e. The average molecular weight is 245 g/mol. The van der Waals surface area contributed by atoms with Gasteiger partial charge in [-0.2, -0.15) is 0 Å². The molecule has 0 unspecified atom stereocenters. The monoisotopic (exact) mass is 245 g/mol. The molecule has 17 heavy (non-hydrogen) atoms. The summed E-state index contributed by atoms with van der Waals surface area (Å²) in [5.74, 6) is 0.131. The van der Waals surface area contributed by atoms with Crippen LogP contribution in [-0.4, -0.2) is 42.2 Å². The van der Waals surface area contributed by atoms with E-state index in [0.717, 1.165) is 6.42 Å². The summed E-state index contributed by atoms with van der Waals surface area (Å²) in [5.41, 5.74) is -0.526. The van der Waals surface area contributed by atoms with Crippen LogP contribution in [0.1, 0.15) is 34.1 Å². The minimum atomic E-state index is -0.666. The minimum absolute atomic E-state index is 0.131. The summed E-state index contributed by atoms with van der Waals surface area (Å²) in [6.07, 6.45) is -0.305. The fourth-order valence-corrected chi connectivity index (χ4v) is 1.89. The fraction of sp³-hybridized carbons (Fsp3) is 0.917. The summed E-state index contributed by atoms with van der Waals surface area (Å²) in [6, 6.07) is -0.288. The van der Waals surface area contributed by atoms with Gasteiger partial charge in [-0.15, -0.1) is 0 Å². The minimum Gasteiger partial charge on any atom is -0.444 e. The number of ether oxygens (including phenoxy) is 2. The fourth-order valence-electron chi connectivity index (χ4n) is 1.89. The zero-order valence-electron chi connectivity index (χ0n) is 11.0. The van der Waals surface area contributed by atoms with Crippen LogP contribution in [0.5, 0.6) is 0 Å². The van der Waals surface area contributed by atoms with Crippen molar-refractivity contribution in [3.8, 4) is 0 Å². The predicted molar refractivity (Wildman–Crippen MR) is 63.8 cm³/mol. The van der Waals surface area contributed by atoms with E-state index in [1.54, 1.807) is 0 Å². The second-order valence-corrected chi connectivity index (χ2v) is 5.45. The number of hydrogen-bond acceptors (Lipinski definition) is 4. The molecule has 0 aromatic rings. The maximum absolute atomic E-state index is 11.6. The summed E-state index contributed by atoms with van der Waals surface area (Å²) in [7, 11) is 0. The van der Waals surface area contributed by atoms with Crippen LogP contribution in [0.2, 0.25) is 0 Å². The van der Waals surface area contributed by atoms with Gasteiger partial charge in [0.1, 0.15) is 5.60 Å². The Balaban J connectivity index is 2.55. The Labute approximate surface area is 102 Å². The van der Waals surface area contributed by atoms with Gasteiger partial charge in [0.05, 0.1) is 25.4 Å². The molecule has 5 nitrogen and oxygen atoms in total. The lowest BCUT2D eigenvalue weighted by atomic mass is 9.91. The van der Waals surface area contributed by atoms with Crippen LogP contribution >= 0.6 is 0 Å². The number of carbonyl (C=O) groups excluding carboxylic acids is 1. The third-order valence-electron chi connectivity index (χ3n) is 2.75. The van der Waals surface area contributed by atoms with Crippen molar-refractivity contribution < 1.29 is 19.4 Å². The van der Waals surface area contributed by atoms with Gasteiger partial charge in [0.15, 0.2) is 0 Å². The molecule has 0 bridgehead atoms. The first-order chi connectivity index (χ1) is 7.83. The van der Waals surface area contributed by atoms with Crippen molar-refractivity contribution in [2.45, 2.75) is 51.9 Å². The number of nitrogens with one attached hydrogen (secondary N) is 1. The summed E-state index contributed by atoms with van der Waals surface area (Å²) in [6.45, 7) is 8.26. The molecule has 1 heterocycles. The van der Waals surface area contributed by atoms with Crippen molar-refractivity contribution in [1.82, 2.24) is 5.32 Å². The molecule has 1 saturated heterocycles. The number of aliphatic hydroxyl groups is 1. The van der Waals surface area contributed by atoms with E-state index in [-0.39, 0.29) is 18.6 Å². The number of amides is 1. The number of carbonyl (C=O) groups is 1. The Kier molecular flexibility index (Phi) is 4.77. The molecular formula is C12H23NO4. The highest BCUT2D eigenvalue weighted by molar-refractivity contribution is 5.68. The lowest BCUT2D eigenvalue weighted by Crippen LogP contribution is -2.54. The lowest BCUT2D eigenvalue weighted by Gasteiger charge is -2.35. The third-order valence-corrected chi connectivity index (χ3v) is 2.75. The molecule has 1 fully saturated rings. The van der Waals surface area contributed by atoms with Crippen molar-refractivity contribution in [3.05, 3.63) is 0 Å². The van der Waals surface area contributed by atoms with Crippen LogP contribution in [0.3, 0.4) is 0 Å². The van der Waals surface area contributed by atoms with E-state index in [2.05, 4.69) is 5.32 Å². The van der Waals surface area contributed by atoms with E-state index < -0.39 is 17.8 Å². The van der Waals surface area contributed by atoms with E-state index in [9.17, 15) is 9.90 Å². The van der Waals surface area contributed by atoms with Crippen LogP contribution in [0.25, 0.3) is 0 Å². The van der Waals surface area contributed by atoms with Gasteiger partial charge in [-0.05, 0) is 27.2 Å². The molecule has 0 radical (unpaired) electrons. The highest BCUT2D eigenvalue weighted by atomic mass is 16.6. The molecule has 1 rings (SSSR count). The SMILES string of the molecule is CC[C@@H]1COC[C@H](O)[C@H]1NC(=O)OC(C)(C)C. The van der Waals surface area contributed by atoms with E-state index in [0.29, 0.717) is 6.61 Å². The van der Waals surface area contributed by atoms with Gasteiger partial charge in [0, 0.05) is 5.92 Å². The summed E-state index contributed by atoms with van der Waals surface area (Å²) < 4.78 is 10.4. The lowest BCUT2D eigenvalue weighted by molar-refractivity contribution is -0.0624. The van der Waals surface area contributed by atoms with Gasteiger partial charge in [0.25, 0.3) is 0 Å². The maximum Gasteiger partial charge on any atom is 0.407 e. The van der Waals surface area contributed by atoms with Crippen LogP contribution in [0.15, 0.2) is 0 Å². The predicted octanol–water partition coefficient (Wildman–Crippen LogP) is 1.30. The van der Waals surface area contributed by atoms with E-state index in [1.165, 1.54) is 0 Å². The van der Waals surface area contributed by atoms with Gasteiger partial charge in [-0.3, -0.25) is 0 Å². The second-order valence-electron chi connectivity index (χ2n) is 5.45. The maximum atomic E-state index is 11.6. The van der Waals surface area contributed by atoms with Gasteiger partial charge in [0.2, 0.25) is 0 Å². The topological polar surface area (TPSA) is 67.8 Å². The van der Waals surface area contributed by atoms with Gasteiger partial charge in [-0.25, -0.2) is 4.79 Å². The second kappa shape index (κ2) is 5.69. The summed E-state index contributed by atoms with van der Waals surface area (Å²) >= 11 is 0. The highest BCUT2D eigenvalue weighted by Crippen LogP contribution is 2.19. The number of alkyl carbamates (subject to hydrolysis) is 1. The molecule has 3 atom stereocenters. The molecule has 1 aliphatic rings.